The molecule has 0 amide bonds. The van der Waals surface area contributed by atoms with Gasteiger partial charge in [-0.1, -0.05) is 6.07 Å². The predicted molar refractivity (Wildman–Crippen MR) is 68.6 cm³/mol. The summed E-state index contributed by atoms with van der Waals surface area (Å²) >= 11 is 0. The number of likely N-dealkylation sites (N-methyl/N-ethyl adjacent to an activating group) is 1. The summed E-state index contributed by atoms with van der Waals surface area (Å²) in [6.07, 6.45) is 1.12. The second kappa shape index (κ2) is 5.47. The maximum Gasteiger partial charge on any atom is 0.129 e. The van der Waals surface area contributed by atoms with Gasteiger partial charge in [-0.3, -0.25) is 0 Å². The molecule has 1 fully saturated rings. The lowest BCUT2D eigenvalue weighted by molar-refractivity contribution is 0.360. The van der Waals surface area contributed by atoms with Gasteiger partial charge in [0.1, 0.15) is 5.82 Å². The van der Waals surface area contributed by atoms with Crippen molar-refractivity contribution in [2.45, 2.75) is 13.0 Å². The molecule has 1 aromatic rings. The van der Waals surface area contributed by atoms with Crippen molar-refractivity contribution in [1.82, 2.24) is 4.90 Å². The van der Waals surface area contributed by atoms with Gasteiger partial charge in [0.25, 0.3) is 0 Å². The van der Waals surface area contributed by atoms with Crippen molar-refractivity contribution >= 4 is 5.69 Å². The van der Waals surface area contributed by atoms with Gasteiger partial charge in [-0.2, -0.15) is 0 Å². The lowest BCUT2D eigenvalue weighted by Crippen LogP contribution is -2.28. The number of nitrogens with zero attached hydrogens (tertiary/aromatic N) is 2. The van der Waals surface area contributed by atoms with Crippen molar-refractivity contribution in [2.24, 2.45) is 5.73 Å². The van der Waals surface area contributed by atoms with Crippen LogP contribution in [-0.4, -0.2) is 38.1 Å². The Bertz CT molecular complexity index is 381. The molecule has 17 heavy (non-hydrogen) atoms. The molecule has 3 nitrogen and oxygen atoms in total. The maximum atomic E-state index is 13.7. The first-order valence-corrected chi connectivity index (χ1v) is 6.12. The molecule has 0 spiro atoms. The molecule has 0 atom stereocenters. The third-order valence-corrected chi connectivity index (χ3v) is 3.34. The number of anilines is 1. The third kappa shape index (κ3) is 2.96. The second-order valence-electron chi connectivity index (χ2n) is 4.62. The molecule has 0 bridgehead atoms. The van der Waals surface area contributed by atoms with Crippen molar-refractivity contribution in [3.8, 4) is 0 Å². The third-order valence-electron chi connectivity index (χ3n) is 3.34. The average molecular weight is 237 g/mol. The lowest BCUT2D eigenvalue weighted by Gasteiger charge is -2.23. The summed E-state index contributed by atoms with van der Waals surface area (Å²) in [5.41, 5.74) is 7.01. The zero-order valence-electron chi connectivity index (χ0n) is 10.3. The van der Waals surface area contributed by atoms with Crippen molar-refractivity contribution < 1.29 is 4.39 Å². The minimum absolute atomic E-state index is 0.192. The van der Waals surface area contributed by atoms with E-state index in [2.05, 4.69) is 16.8 Å². The van der Waals surface area contributed by atoms with Gasteiger partial charge in [-0.05, 0) is 32.1 Å². The van der Waals surface area contributed by atoms with E-state index in [1.54, 1.807) is 12.1 Å². The van der Waals surface area contributed by atoms with Gasteiger partial charge in [-0.25, -0.2) is 4.39 Å². The van der Waals surface area contributed by atoms with Crippen molar-refractivity contribution in [1.29, 1.82) is 0 Å². The Hall–Kier alpha value is -1.13. The van der Waals surface area contributed by atoms with Gasteiger partial charge in [0.15, 0.2) is 0 Å². The van der Waals surface area contributed by atoms with Crippen molar-refractivity contribution in [3.05, 3.63) is 29.6 Å². The molecule has 1 aromatic carbocycles. The van der Waals surface area contributed by atoms with Crippen LogP contribution >= 0.6 is 0 Å². The molecule has 0 unspecified atom stereocenters. The summed E-state index contributed by atoms with van der Waals surface area (Å²) in [5, 5.41) is 0. The highest BCUT2D eigenvalue weighted by Crippen LogP contribution is 2.19. The zero-order chi connectivity index (χ0) is 12.3. The van der Waals surface area contributed by atoms with Crippen LogP contribution < -0.4 is 10.6 Å². The van der Waals surface area contributed by atoms with Gasteiger partial charge in [0, 0.05) is 37.4 Å². The SMILES string of the molecule is CN1CCCN(c2ccc(CN)c(F)c2)CC1. The van der Waals surface area contributed by atoms with E-state index in [1.807, 2.05) is 6.07 Å². The average Bonchev–Trinajstić information content (AvgIpc) is 2.54. The Kier molecular flexibility index (Phi) is 3.97. The van der Waals surface area contributed by atoms with E-state index >= 15 is 0 Å². The standard InChI is InChI=1S/C13H20FN3/c1-16-5-2-6-17(8-7-16)12-4-3-11(10-15)13(14)9-12/h3-4,9H,2,5-8,10,15H2,1H3. The fourth-order valence-electron chi connectivity index (χ4n) is 2.20. The molecule has 2 rings (SSSR count). The molecular weight excluding hydrogens is 217 g/mol. The fraction of sp³-hybridized carbons (Fsp3) is 0.538. The molecule has 1 heterocycles. The topological polar surface area (TPSA) is 32.5 Å². The van der Waals surface area contributed by atoms with Crippen LogP contribution in [0.2, 0.25) is 0 Å². The van der Waals surface area contributed by atoms with Crippen LogP contribution in [0.4, 0.5) is 10.1 Å². The number of halogens is 1. The second-order valence-corrected chi connectivity index (χ2v) is 4.62. The Morgan fingerprint density at radius 3 is 2.76 bits per heavy atom. The van der Waals surface area contributed by atoms with Crippen LogP contribution in [0.1, 0.15) is 12.0 Å². The highest BCUT2D eigenvalue weighted by atomic mass is 19.1. The molecule has 0 aromatic heterocycles. The van der Waals surface area contributed by atoms with Crippen molar-refractivity contribution in [3.63, 3.8) is 0 Å². The molecule has 2 N–H and O–H groups in total. The van der Waals surface area contributed by atoms with Crippen molar-refractivity contribution in [2.75, 3.05) is 38.1 Å². The van der Waals surface area contributed by atoms with Gasteiger partial charge in [-0.15, -0.1) is 0 Å². The van der Waals surface area contributed by atoms with Crippen LogP contribution in [0, 0.1) is 5.82 Å². The quantitative estimate of drug-likeness (QED) is 0.844. The summed E-state index contributed by atoms with van der Waals surface area (Å²) in [6.45, 7) is 4.35. The van der Waals surface area contributed by atoms with E-state index in [9.17, 15) is 4.39 Å². The number of hydrogen-bond acceptors (Lipinski definition) is 3. The predicted octanol–water partition coefficient (Wildman–Crippen LogP) is 1.43. The fourth-order valence-corrected chi connectivity index (χ4v) is 2.20. The monoisotopic (exact) mass is 237 g/mol. The Morgan fingerprint density at radius 2 is 2.06 bits per heavy atom. The smallest absolute Gasteiger partial charge is 0.129 e. The summed E-state index contributed by atoms with van der Waals surface area (Å²) in [5.74, 6) is -0.192. The molecule has 1 aliphatic heterocycles. The molecule has 94 valence electrons. The minimum atomic E-state index is -0.192. The highest BCUT2D eigenvalue weighted by molar-refractivity contribution is 5.48. The van der Waals surface area contributed by atoms with E-state index in [4.69, 9.17) is 5.73 Å². The Morgan fingerprint density at radius 1 is 1.24 bits per heavy atom. The normalized spacial score (nSPS) is 18.2. The molecule has 0 radical (unpaired) electrons. The van der Waals surface area contributed by atoms with Crippen LogP contribution in [-0.2, 0) is 6.54 Å². The summed E-state index contributed by atoms with van der Waals surface area (Å²) in [4.78, 5) is 4.55. The number of rotatable bonds is 2. The number of nitrogens with two attached hydrogens (primary N) is 1. The molecular formula is C13H20FN3. The van der Waals surface area contributed by atoms with Gasteiger partial charge >= 0.3 is 0 Å². The molecule has 4 heteroatoms. The minimum Gasteiger partial charge on any atom is -0.370 e. The molecule has 0 aliphatic carbocycles. The van der Waals surface area contributed by atoms with Crippen LogP contribution in [0.5, 0.6) is 0 Å². The van der Waals surface area contributed by atoms with E-state index in [1.165, 1.54) is 0 Å². The molecule has 1 saturated heterocycles. The zero-order valence-corrected chi connectivity index (χ0v) is 10.3. The van der Waals surface area contributed by atoms with E-state index in [0.29, 0.717) is 5.56 Å². The Balaban J connectivity index is 2.13. The molecule has 0 saturated carbocycles. The molecule has 1 aliphatic rings. The first-order valence-electron chi connectivity index (χ1n) is 6.12. The van der Waals surface area contributed by atoms with Crippen LogP contribution in [0.15, 0.2) is 18.2 Å². The largest absolute Gasteiger partial charge is 0.370 e. The first-order chi connectivity index (χ1) is 8.20. The first kappa shape index (κ1) is 12.3. The summed E-state index contributed by atoms with van der Waals surface area (Å²) in [7, 11) is 2.13. The summed E-state index contributed by atoms with van der Waals surface area (Å²) < 4.78 is 13.7. The maximum absolute atomic E-state index is 13.7. The van der Waals surface area contributed by atoms with Gasteiger partial charge in [0.2, 0.25) is 0 Å². The van der Waals surface area contributed by atoms with Crippen LogP contribution in [0.3, 0.4) is 0 Å². The number of benzene rings is 1. The van der Waals surface area contributed by atoms with Crippen LogP contribution in [0.25, 0.3) is 0 Å². The number of hydrogen-bond donors (Lipinski definition) is 1. The van der Waals surface area contributed by atoms with Gasteiger partial charge < -0.3 is 15.5 Å². The summed E-state index contributed by atoms with van der Waals surface area (Å²) in [6, 6.07) is 5.36. The van der Waals surface area contributed by atoms with Gasteiger partial charge in [0.05, 0.1) is 0 Å². The lowest BCUT2D eigenvalue weighted by atomic mass is 10.1. The highest BCUT2D eigenvalue weighted by Gasteiger charge is 2.13. The Labute approximate surface area is 102 Å². The van der Waals surface area contributed by atoms with E-state index in [0.717, 1.165) is 38.3 Å². The van der Waals surface area contributed by atoms with E-state index in [-0.39, 0.29) is 12.4 Å². The van der Waals surface area contributed by atoms with E-state index < -0.39 is 0 Å².